The van der Waals surface area contributed by atoms with Crippen LogP contribution in [-0.4, -0.2) is 23.9 Å². The van der Waals surface area contributed by atoms with Gasteiger partial charge in [0.1, 0.15) is 0 Å². The van der Waals surface area contributed by atoms with Crippen molar-refractivity contribution in [3.8, 4) is 0 Å². The lowest BCUT2D eigenvalue weighted by Crippen LogP contribution is -2.27. The largest absolute Gasteiger partial charge is 0.352 e. The van der Waals surface area contributed by atoms with Gasteiger partial charge in [0.05, 0.1) is 4.92 Å². The van der Waals surface area contributed by atoms with Gasteiger partial charge in [0.2, 0.25) is 5.91 Å². The van der Waals surface area contributed by atoms with Crippen LogP contribution < -0.4 is 10.6 Å². The van der Waals surface area contributed by atoms with Crippen molar-refractivity contribution in [3.63, 3.8) is 0 Å². The molecule has 0 unspecified atom stereocenters. The van der Waals surface area contributed by atoms with Crippen molar-refractivity contribution in [3.05, 3.63) is 39.9 Å². The molecule has 0 saturated carbocycles. The molecule has 1 aromatic rings. The van der Waals surface area contributed by atoms with Crippen molar-refractivity contribution in [2.45, 2.75) is 19.9 Å². The standard InChI is InChI=1S/C12H17N3O3/c1-2-13-7-6-12(16)14-9-10-4-3-5-11(8-10)15(17)18/h3-5,8,13H,2,6-7,9H2,1H3,(H,14,16). The topological polar surface area (TPSA) is 84.3 Å². The van der Waals surface area contributed by atoms with Crippen LogP contribution in [0.4, 0.5) is 5.69 Å². The Morgan fingerprint density at radius 3 is 2.89 bits per heavy atom. The summed E-state index contributed by atoms with van der Waals surface area (Å²) < 4.78 is 0. The molecule has 0 aliphatic rings. The minimum absolute atomic E-state index is 0.0365. The molecule has 6 nitrogen and oxygen atoms in total. The fourth-order valence-corrected chi connectivity index (χ4v) is 1.45. The highest BCUT2D eigenvalue weighted by Crippen LogP contribution is 2.12. The van der Waals surface area contributed by atoms with E-state index in [0.717, 1.165) is 12.1 Å². The van der Waals surface area contributed by atoms with E-state index < -0.39 is 4.92 Å². The van der Waals surface area contributed by atoms with E-state index in [4.69, 9.17) is 0 Å². The first-order valence-corrected chi connectivity index (χ1v) is 5.84. The van der Waals surface area contributed by atoms with Gasteiger partial charge < -0.3 is 10.6 Å². The SMILES string of the molecule is CCNCCC(=O)NCc1cccc([N+](=O)[O-])c1. The van der Waals surface area contributed by atoms with Crippen molar-refractivity contribution in [2.75, 3.05) is 13.1 Å². The molecule has 1 rings (SSSR count). The van der Waals surface area contributed by atoms with Gasteiger partial charge in [-0.1, -0.05) is 19.1 Å². The molecule has 0 bridgehead atoms. The van der Waals surface area contributed by atoms with Crippen LogP contribution in [-0.2, 0) is 11.3 Å². The predicted octanol–water partition coefficient (Wildman–Crippen LogP) is 1.21. The Bertz CT molecular complexity index is 421. The Morgan fingerprint density at radius 2 is 2.22 bits per heavy atom. The Kier molecular flexibility index (Phi) is 5.79. The number of non-ortho nitro benzene ring substituents is 1. The van der Waals surface area contributed by atoms with E-state index in [-0.39, 0.29) is 11.6 Å². The van der Waals surface area contributed by atoms with Crippen molar-refractivity contribution < 1.29 is 9.72 Å². The van der Waals surface area contributed by atoms with Crippen molar-refractivity contribution in [2.24, 2.45) is 0 Å². The maximum Gasteiger partial charge on any atom is 0.269 e. The molecule has 98 valence electrons. The number of rotatable bonds is 7. The summed E-state index contributed by atoms with van der Waals surface area (Å²) in [5.74, 6) is -0.0672. The number of hydrogen-bond acceptors (Lipinski definition) is 4. The lowest BCUT2D eigenvalue weighted by molar-refractivity contribution is -0.384. The average Bonchev–Trinajstić information content (AvgIpc) is 2.37. The number of nitro groups is 1. The van der Waals surface area contributed by atoms with E-state index in [1.54, 1.807) is 12.1 Å². The maximum atomic E-state index is 11.4. The third-order valence-corrected chi connectivity index (χ3v) is 2.39. The lowest BCUT2D eigenvalue weighted by Gasteiger charge is -2.05. The summed E-state index contributed by atoms with van der Waals surface area (Å²) in [7, 11) is 0. The Morgan fingerprint density at radius 1 is 1.44 bits per heavy atom. The van der Waals surface area contributed by atoms with Crippen LogP contribution in [0.2, 0.25) is 0 Å². The molecule has 6 heteroatoms. The number of amides is 1. The van der Waals surface area contributed by atoms with Gasteiger partial charge in [-0.05, 0) is 12.1 Å². The van der Waals surface area contributed by atoms with Crippen molar-refractivity contribution in [1.82, 2.24) is 10.6 Å². The molecule has 1 amide bonds. The quantitative estimate of drug-likeness (QED) is 0.433. The molecule has 0 aliphatic heterocycles. The summed E-state index contributed by atoms with van der Waals surface area (Å²) in [6.07, 6.45) is 0.406. The number of nitrogens with one attached hydrogen (secondary N) is 2. The second-order valence-electron chi connectivity index (χ2n) is 3.81. The van der Waals surface area contributed by atoms with E-state index in [1.165, 1.54) is 12.1 Å². The first kappa shape index (κ1) is 14.1. The van der Waals surface area contributed by atoms with Crippen LogP contribution in [0.15, 0.2) is 24.3 Å². The van der Waals surface area contributed by atoms with Crippen LogP contribution in [0.25, 0.3) is 0 Å². The molecule has 0 heterocycles. The molecule has 0 fully saturated rings. The highest BCUT2D eigenvalue weighted by Gasteiger charge is 2.06. The summed E-state index contributed by atoms with van der Waals surface area (Å²) in [5.41, 5.74) is 0.760. The van der Waals surface area contributed by atoms with Gasteiger partial charge in [0, 0.05) is 31.6 Å². The molecule has 0 saturated heterocycles. The molecular formula is C12H17N3O3. The average molecular weight is 251 g/mol. The number of benzene rings is 1. The number of hydrogen-bond donors (Lipinski definition) is 2. The van der Waals surface area contributed by atoms with Crippen LogP contribution in [0.1, 0.15) is 18.9 Å². The minimum Gasteiger partial charge on any atom is -0.352 e. The van der Waals surface area contributed by atoms with E-state index in [1.807, 2.05) is 6.92 Å². The molecule has 18 heavy (non-hydrogen) atoms. The van der Waals surface area contributed by atoms with E-state index >= 15 is 0 Å². The monoisotopic (exact) mass is 251 g/mol. The first-order chi connectivity index (χ1) is 8.63. The maximum absolute atomic E-state index is 11.4. The summed E-state index contributed by atoms with van der Waals surface area (Å²) in [6, 6.07) is 6.25. The second-order valence-corrected chi connectivity index (χ2v) is 3.81. The van der Waals surface area contributed by atoms with Gasteiger partial charge in [-0.2, -0.15) is 0 Å². The fraction of sp³-hybridized carbons (Fsp3) is 0.417. The third-order valence-electron chi connectivity index (χ3n) is 2.39. The van der Waals surface area contributed by atoms with E-state index in [2.05, 4.69) is 10.6 Å². The van der Waals surface area contributed by atoms with Gasteiger partial charge in [-0.3, -0.25) is 14.9 Å². The molecule has 2 N–H and O–H groups in total. The molecule has 1 aromatic carbocycles. The molecular weight excluding hydrogens is 234 g/mol. The van der Waals surface area contributed by atoms with Crippen molar-refractivity contribution >= 4 is 11.6 Å². The first-order valence-electron chi connectivity index (χ1n) is 5.84. The third kappa shape index (κ3) is 4.92. The highest BCUT2D eigenvalue weighted by atomic mass is 16.6. The smallest absolute Gasteiger partial charge is 0.269 e. The number of carbonyl (C=O) groups is 1. The normalized spacial score (nSPS) is 10.1. The molecule has 0 radical (unpaired) electrons. The van der Waals surface area contributed by atoms with Gasteiger partial charge in [0.15, 0.2) is 0 Å². The molecule has 0 aromatic heterocycles. The zero-order valence-corrected chi connectivity index (χ0v) is 10.3. The van der Waals surface area contributed by atoms with Gasteiger partial charge in [-0.15, -0.1) is 0 Å². The number of nitro benzene ring substituents is 1. The van der Waals surface area contributed by atoms with E-state index in [9.17, 15) is 14.9 Å². The highest BCUT2D eigenvalue weighted by molar-refractivity contribution is 5.76. The summed E-state index contributed by atoms with van der Waals surface area (Å²) in [4.78, 5) is 21.6. The van der Waals surface area contributed by atoms with Crippen LogP contribution in [0.5, 0.6) is 0 Å². The zero-order chi connectivity index (χ0) is 13.4. The second kappa shape index (κ2) is 7.39. The lowest BCUT2D eigenvalue weighted by atomic mass is 10.2. The summed E-state index contributed by atoms with van der Waals surface area (Å²) in [6.45, 7) is 3.75. The van der Waals surface area contributed by atoms with Crippen LogP contribution in [0.3, 0.4) is 0 Å². The summed E-state index contributed by atoms with van der Waals surface area (Å²) in [5, 5.41) is 16.3. The zero-order valence-electron chi connectivity index (χ0n) is 10.3. The predicted molar refractivity (Wildman–Crippen MR) is 68.1 cm³/mol. The Labute approximate surface area is 106 Å². The van der Waals surface area contributed by atoms with E-state index in [0.29, 0.717) is 19.5 Å². The number of nitrogens with zero attached hydrogens (tertiary/aromatic N) is 1. The van der Waals surface area contributed by atoms with Gasteiger partial charge >= 0.3 is 0 Å². The number of carbonyl (C=O) groups excluding carboxylic acids is 1. The van der Waals surface area contributed by atoms with Crippen molar-refractivity contribution in [1.29, 1.82) is 0 Å². The molecule has 0 spiro atoms. The Balaban J connectivity index is 2.41. The Hall–Kier alpha value is -1.95. The minimum atomic E-state index is -0.448. The van der Waals surface area contributed by atoms with Gasteiger partial charge in [-0.25, -0.2) is 0 Å². The van der Waals surface area contributed by atoms with Crippen LogP contribution in [0, 0.1) is 10.1 Å². The van der Waals surface area contributed by atoms with Gasteiger partial charge in [0.25, 0.3) is 5.69 Å². The molecule has 0 aliphatic carbocycles. The summed E-state index contributed by atoms with van der Waals surface area (Å²) >= 11 is 0. The molecule has 0 atom stereocenters. The van der Waals surface area contributed by atoms with Crippen LogP contribution >= 0.6 is 0 Å². The fourth-order valence-electron chi connectivity index (χ4n) is 1.45.